The molecule has 7 heteroatoms. The van der Waals surface area contributed by atoms with Crippen LogP contribution in [0.15, 0.2) is 66.7 Å². The van der Waals surface area contributed by atoms with Crippen molar-refractivity contribution in [2.75, 3.05) is 32.2 Å². The Balaban J connectivity index is 1.44. The standard InChI is InChI=1S/C26H24N2O5/c1-17-6-4-5-7-23(17)28-25(30)21-13-8-18(16-22(21)26(28)31)24(29)27(2)14-15-33-20-11-9-19(32-3)10-12-20/h4-13,16H,14-15H2,1-3H3. The third-order valence-electron chi connectivity index (χ3n) is 5.59. The first-order chi connectivity index (χ1) is 15.9. The van der Waals surface area contributed by atoms with Gasteiger partial charge in [-0.25, -0.2) is 4.90 Å². The Kier molecular flexibility index (Phi) is 6.13. The summed E-state index contributed by atoms with van der Waals surface area (Å²) in [5, 5.41) is 0. The molecule has 3 amide bonds. The van der Waals surface area contributed by atoms with Gasteiger partial charge in [0.1, 0.15) is 18.1 Å². The second-order valence-electron chi connectivity index (χ2n) is 7.74. The molecule has 4 rings (SSSR count). The molecule has 0 aliphatic carbocycles. The van der Waals surface area contributed by atoms with E-state index in [0.29, 0.717) is 35.7 Å². The van der Waals surface area contributed by atoms with Crippen molar-refractivity contribution in [1.29, 1.82) is 0 Å². The number of amides is 3. The zero-order valence-corrected chi connectivity index (χ0v) is 18.7. The predicted octanol–water partition coefficient (Wildman–Crippen LogP) is 3.96. The number of rotatable bonds is 7. The van der Waals surface area contributed by atoms with Crippen LogP contribution in [-0.4, -0.2) is 49.9 Å². The zero-order chi connectivity index (χ0) is 23.5. The summed E-state index contributed by atoms with van der Waals surface area (Å²) in [4.78, 5) is 41.5. The topological polar surface area (TPSA) is 76.2 Å². The molecule has 1 heterocycles. The summed E-state index contributed by atoms with van der Waals surface area (Å²) >= 11 is 0. The van der Waals surface area contributed by atoms with Gasteiger partial charge in [-0.1, -0.05) is 18.2 Å². The highest BCUT2D eigenvalue weighted by molar-refractivity contribution is 6.35. The number of fused-ring (bicyclic) bond motifs is 1. The van der Waals surface area contributed by atoms with E-state index in [1.54, 1.807) is 62.7 Å². The van der Waals surface area contributed by atoms with Crippen LogP contribution in [0.25, 0.3) is 0 Å². The van der Waals surface area contributed by atoms with Gasteiger partial charge >= 0.3 is 0 Å². The lowest BCUT2D eigenvalue weighted by Crippen LogP contribution is -2.31. The minimum absolute atomic E-state index is 0.233. The quantitative estimate of drug-likeness (QED) is 0.516. The normalized spacial score (nSPS) is 12.5. The maximum absolute atomic E-state index is 13.0. The number of carbonyl (C=O) groups excluding carboxylic acids is 3. The molecule has 3 aromatic carbocycles. The lowest BCUT2D eigenvalue weighted by molar-refractivity contribution is 0.0773. The summed E-state index contributed by atoms with van der Waals surface area (Å²) < 4.78 is 10.8. The van der Waals surface area contributed by atoms with Gasteiger partial charge in [-0.2, -0.15) is 0 Å². The number of hydrogen-bond donors (Lipinski definition) is 0. The van der Waals surface area contributed by atoms with E-state index in [2.05, 4.69) is 0 Å². The van der Waals surface area contributed by atoms with E-state index in [-0.39, 0.29) is 17.4 Å². The van der Waals surface area contributed by atoms with Crippen LogP contribution in [-0.2, 0) is 0 Å². The molecule has 0 N–H and O–H groups in total. The summed E-state index contributed by atoms with van der Waals surface area (Å²) in [5.41, 5.74) is 2.24. The largest absolute Gasteiger partial charge is 0.497 e. The molecule has 0 aromatic heterocycles. The van der Waals surface area contributed by atoms with E-state index >= 15 is 0 Å². The minimum atomic E-state index is -0.426. The Morgan fingerprint density at radius 2 is 1.58 bits per heavy atom. The molecule has 0 saturated heterocycles. The lowest BCUT2D eigenvalue weighted by atomic mass is 10.0. The number of aryl methyl sites for hydroxylation is 1. The van der Waals surface area contributed by atoms with E-state index in [9.17, 15) is 14.4 Å². The van der Waals surface area contributed by atoms with Gasteiger partial charge in [-0.15, -0.1) is 0 Å². The number of ether oxygens (including phenoxy) is 2. The molecule has 0 bridgehead atoms. The SMILES string of the molecule is COc1ccc(OCCN(C)C(=O)c2ccc3c(c2)C(=O)N(c2ccccc2C)C3=O)cc1. The smallest absolute Gasteiger partial charge is 0.266 e. The average Bonchev–Trinajstić information content (AvgIpc) is 3.08. The Labute approximate surface area is 192 Å². The second-order valence-corrected chi connectivity index (χ2v) is 7.74. The lowest BCUT2D eigenvalue weighted by Gasteiger charge is -2.18. The third kappa shape index (κ3) is 4.30. The number of benzene rings is 3. The molecule has 1 aliphatic heterocycles. The van der Waals surface area contributed by atoms with E-state index in [1.165, 1.54) is 15.9 Å². The highest BCUT2D eigenvalue weighted by Crippen LogP contribution is 2.31. The summed E-state index contributed by atoms with van der Waals surface area (Å²) in [6.45, 7) is 2.50. The summed E-state index contributed by atoms with van der Waals surface area (Å²) in [7, 11) is 3.26. The van der Waals surface area contributed by atoms with Crippen LogP contribution in [0.5, 0.6) is 11.5 Å². The average molecular weight is 444 g/mol. The fourth-order valence-electron chi connectivity index (χ4n) is 3.70. The first-order valence-electron chi connectivity index (χ1n) is 10.5. The van der Waals surface area contributed by atoms with E-state index in [0.717, 1.165) is 11.3 Å². The Morgan fingerprint density at radius 1 is 0.909 bits per heavy atom. The van der Waals surface area contributed by atoms with Crippen molar-refractivity contribution in [2.45, 2.75) is 6.92 Å². The van der Waals surface area contributed by atoms with Crippen molar-refractivity contribution < 1.29 is 23.9 Å². The number of likely N-dealkylation sites (N-methyl/N-ethyl adjacent to an activating group) is 1. The number of para-hydroxylation sites is 1. The van der Waals surface area contributed by atoms with Crippen molar-refractivity contribution >= 4 is 23.4 Å². The summed E-state index contributed by atoms with van der Waals surface area (Å²) in [6.07, 6.45) is 0. The van der Waals surface area contributed by atoms with E-state index in [1.807, 2.05) is 19.1 Å². The maximum Gasteiger partial charge on any atom is 0.266 e. The molecule has 0 unspecified atom stereocenters. The Bertz CT molecular complexity index is 1220. The van der Waals surface area contributed by atoms with Gasteiger partial charge in [0.05, 0.1) is 30.5 Å². The number of methoxy groups -OCH3 is 1. The Morgan fingerprint density at radius 3 is 2.27 bits per heavy atom. The monoisotopic (exact) mass is 444 g/mol. The number of anilines is 1. The van der Waals surface area contributed by atoms with Crippen molar-refractivity contribution in [2.24, 2.45) is 0 Å². The van der Waals surface area contributed by atoms with Crippen molar-refractivity contribution in [3.8, 4) is 11.5 Å². The molecule has 33 heavy (non-hydrogen) atoms. The van der Waals surface area contributed by atoms with E-state index in [4.69, 9.17) is 9.47 Å². The fourth-order valence-corrected chi connectivity index (χ4v) is 3.70. The highest BCUT2D eigenvalue weighted by Gasteiger charge is 2.37. The van der Waals surface area contributed by atoms with Gasteiger partial charge in [-0.05, 0) is 61.0 Å². The maximum atomic E-state index is 13.0. The minimum Gasteiger partial charge on any atom is -0.497 e. The number of carbonyl (C=O) groups is 3. The van der Waals surface area contributed by atoms with Gasteiger partial charge in [0.15, 0.2) is 0 Å². The summed E-state index contributed by atoms with van der Waals surface area (Å²) in [5.74, 6) is 0.342. The first kappa shape index (κ1) is 22.1. The van der Waals surface area contributed by atoms with Crippen LogP contribution in [0.3, 0.4) is 0 Å². The molecule has 7 nitrogen and oxygen atoms in total. The predicted molar refractivity (Wildman–Crippen MR) is 124 cm³/mol. The van der Waals surface area contributed by atoms with Gasteiger partial charge in [-0.3, -0.25) is 14.4 Å². The van der Waals surface area contributed by atoms with Crippen LogP contribution in [0.4, 0.5) is 5.69 Å². The van der Waals surface area contributed by atoms with Crippen molar-refractivity contribution in [3.63, 3.8) is 0 Å². The van der Waals surface area contributed by atoms with Gasteiger partial charge < -0.3 is 14.4 Å². The number of imide groups is 1. The molecule has 0 saturated carbocycles. The molecular weight excluding hydrogens is 420 g/mol. The zero-order valence-electron chi connectivity index (χ0n) is 18.7. The molecule has 0 spiro atoms. The number of nitrogens with zero attached hydrogens (tertiary/aromatic N) is 2. The van der Waals surface area contributed by atoms with Crippen molar-refractivity contribution in [1.82, 2.24) is 4.90 Å². The van der Waals surface area contributed by atoms with Gasteiger partial charge in [0, 0.05) is 12.6 Å². The number of hydrogen-bond acceptors (Lipinski definition) is 5. The van der Waals surface area contributed by atoms with Crippen LogP contribution < -0.4 is 14.4 Å². The van der Waals surface area contributed by atoms with Crippen LogP contribution in [0.2, 0.25) is 0 Å². The second kappa shape index (κ2) is 9.16. The molecule has 0 radical (unpaired) electrons. The fraction of sp³-hybridized carbons (Fsp3) is 0.192. The third-order valence-corrected chi connectivity index (χ3v) is 5.59. The van der Waals surface area contributed by atoms with Crippen LogP contribution in [0.1, 0.15) is 36.6 Å². The molecule has 168 valence electrons. The first-order valence-corrected chi connectivity index (χ1v) is 10.5. The van der Waals surface area contributed by atoms with E-state index < -0.39 is 5.91 Å². The highest BCUT2D eigenvalue weighted by atomic mass is 16.5. The van der Waals surface area contributed by atoms with Gasteiger partial charge in [0.25, 0.3) is 17.7 Å². The molecule has 3 aromatic rings. The molecule has 1 aliphatic rings. The summed E-state index contributed by atoms with van der Waals surface area (Å²) in [6, 6.07) is 19.0. The molecule has 0 fully saturated rings. The Hall–Kier alpha value is -4.13. The van der Waals surface area contributed by atoms with Gasteiger partial charge in [0.2, 0.25) is 0 Å². The molecular formula is C26H24N2O5. The van der Waals surface area contributed by atoms with Crippen LogP contribution >= 0.6 is 0 Å². The molecule has 0 atom stereocenters. The van der Waals surface area contributed by atoms with Crippen molar-refractivity contribution in [3.05, 3.63) is 89.0 Å². The van der Waals surface area contributed by atoms with Crippen LogP contribution in [0, 0.1) is 6.92 Å².